The molecule has 4 heteroatoms. The maximum atomic E-state index is 12.0. The summed E-state index contributed by atoms with van der Waals surface area (Å²) in [6.07, 6.45) is 4.12. The summed E-state index contributed by atoms with van der Waals surface area (Å²) in [5, 5.41) is 7.50. The van der Waals surface area contributed by atoms with Crippen LogP contribution in [0.25, 0.3) is 0 Å². The Morgan fingerprint density at radius 3 is 2.79 bits per heavy atom. The van der Waals surface area contributed by atoms with Gasteiger partial charge in [-0.2, -0.15) is 0 Å². The van der Waals surface area contributed by atoms with Gasteiger partial charge in [0.05, 0.1) is 12.7 Å². The Morgan fingerprint density at radius 1 is 1.58 bits per heavy atom. The molecule has 0 aromatic rings. The molecule has 2 atom stereocenters. The summed E-state index contributed by atoms with van der Waals surface area (Å²) < 4.78 is 4.90. The Labute approximate surface area is 114 Å². The molecule has 0 saturated heterocycles. The van der Waals surface area contributed by atoms with Crippen LogP contribution in [-0.4, -0.2) is 36.8 Å². The third-order valence-electron chi connectivity index (χ3n) is 3.96. The summed E-state index contributed by atoms with van der Waals surface area (Å²) in [6.45, 7) is 7.43. The van der Waals surface area contributed by atoms with E-state index in [4.69, 9.17) is 10.1 Å². The minimum atomic E-state index is -0.281. The van der Waals surface area contributed by atoms with Crippen LogP contribution in [0.5, 0.6) is 0 Å². The van der Waals surface area contributed by atoms with Gasteiger partial charge >= 0.3 is 5.97 Å². The molecule has 0 aromatic carbocycles. The molecule has 4 nitrogen and oxygen atoms in total. The molecule has 0 spiro atoms. The van der Waals surface area contributed by atoms with Gasteiger partial charge in [-0.05, 0) is 25.8 Å². The topological polar surface area (TPSA) is 53.4 Å². The highest BCUT2D eigenvalue weighted by molar-refractivity contribution is 5.95. The number of hydrogen-bond donors (Lipinski definition) is 1. The van der Waals surface area contributed by atoms with Crippen molar-refractivity contribution in [3.63, 3.8) is 0 Å². The van der Waals surface area contributed by atoms with Crippen LogP contribution < -0.4 is 0 Å². The lowest BCUT2D eigenvalue weighted by atomic mass is 9.85. The van der Waals surface area contributed by atoms with Gasteiger partial charge < -0.3 is 15.0 Å². The van der Waals surface area contributed by atoms with E-state index >= 15 is 0 Å². The lowest BCUT2D eigenvalue weighted by molar-refractivity contribution is -0.135. The first-order valence-electron chi connectivity index (χ1n) is 6.80. The predicted octanol–water partition coefficient (Wildman–Crippen LogP) is 2.37. The molecule has 0 aromatic heterocycles. The number of carbonyl (C=O) groups is 1. The van der Waals surface area contributed by atoms with E-state index < -0.39 is 0 Å². The van der Waals surface area contributed by atoms with Crippen molar-refractivity contribution < 1.29 is 9.53 Å². The number of methoxy groups -OCH3 is 1. The molecule has 1 aliphatic heterocycles. The van der Waals surface area contributed by atoms with Crippen LogP contribution >= 0.6 is 0 Å². The Balaban J connectivity index is 2.46. The quantitative estimate of drug-likeness (QED) is 0.627. The van der Waals surface area contributed by atoms with Gasteiger partial charge in [-0.25, -0.2) is 4.79 Å². The SMILES string of the molecule is COC(=O)C1=CC(C=N)CC2=C1C(C)CN2C(C)C. The van der Waals surface area contributed by atoms with Crippen molar-refractivity contribution in [3.8, 4) is 0 Å². The van der Waals surface area contributed by atoms with Crippen LogP contribution in [0.3, 0.4) is 0 Å². The zero-order valence-electron chi connectivity index (χ0n) is 12.1. The van der Waals surface area contributed by atoms with Crippen molar-refractivity contribution in [2.24, 2.45) is 11.8 Å². The average molecular weight is 262 g/mol. The number of nitrogens with one attached hydrogen (secondary N) is 1. The zero-order chi connectivity index (χ0) is 14.2. The molecular weight excluding hydrogens is 240 g/mol. The summed E-state index contributed by atoms with van der Waals surface area (Å²) >= 11 is 0. The number of rotatable bonds is 3. The molecule has 0 fully saturated rings. The molecule has 104 valence electrons. The molecular formula is C15H22N2O2. The molecule has 1 N–H and O–H groups in total. The van der Waals surface area contributed by atoms with Crippen LogP contribution in [0.15, 0.2) is 22.9 Å². The molecule has 2 rings (SSSR count). The number of hydrogen-bond acceptors (Lipinski definition) is 4. The first-order chi connectivity index (χ1) is 8.99. The molecule has 2 unspecified atom stereocenters. The van der Waals surface area contributed by atoms with Crippen LogP contribution in [0.4, 0.5) is 0 Å². The Morgan fingerprint density at radius 2 is 2.26 bits per heavy atom. The number of carbonyl (C=O) groups excluding carboxylic acids is 1. The highest BCUT2D eigenvalue weighted by atomic mass is 16.5. The predicted molar refractivity (Wildman–Crippen MR) is 75.0 cm³/mol. The van der Waals surface area contributed by atoms with Gasteiger partial charge in [0.25, 0.3) is 0 Å². The summed E-state index contributed by atoms with van der Waals surface area (Å²) in [6, 6.07) is 0.415. The highest BCUT2D eigenvalue weighted by Crippen LogP contribution is 2.41. The second-order valence-electron chi connectivity index (χ2n) is 5.61. The Bertz CT molecular complexity index is 463. The minimum absolute atomic E-state index is 0.000556. The maximum Gasteiger partial charge on any atom is 0.337 e. The molecule has 1 heterocycles. The van der Waals surface area contributed by atoms with Crippen LogP contribution in [-0.2, 0) is 9.53 Å². The molecule has 19 heavy (non-hydrogen) atoms. The van der Waals surface area contributed by atoms with E-state index in [0.717, 1.165) is 18.5 Å². The number of ether oxygens (including phenoxy) is 1. The van der Waals surface area contributed by atoms with Crippen molar-refractivity contribution in [2.45, 2.75) is 33.2 Å². The fourth-order valence-electron chi connectivity index (χ4n) is 3.09. The normalized spacial score (nSPS) is 26.4. The zero-order valence-corrected chi connectivity index (χ0v) is 12.1. The summed E-state index contributed by atoms with van der Waals surface area (Å²) in [5.41, 5.74) is 3.01. The Kier molecular flexibility index (Phi) is 3.78. The van der Waals surface area contributed by atoms with Crippen molar-refractivity contribution in [2.75, 3.05) is 13.7 Å². The van der Waals surface area contributed by atoms with Gasteiger partial charge in [0.15, 0.2) is 0 Å². The Hall–Kier alpha value is -1.58. The van der Waals surface area contributed by atoms with E-state index in [0.29, 0.717) is 17.5 Å². The van der Waals surface area contributed by atoms with Crippen molar-refractivity contribution in [1.29, 1.82) is 5.41 Å². The van der Waals surface area contributed by atoms with E-state index in [1.807, 2.05) is 6.08 Å². The van der Waals surface area contributed by atoms with Crippen molar-refractivity contribution in [1.82, 2.24) is 4.90 Å². The van der Waals surface area contributed by atoms with Crippen molar-refractivity contribution >= 4 is 12.2 Å². The van der Waals surface area contributed by atoms with E-state index in [1.54, 1.807) is 0 Å². The number of nitrogens with zero attached hydrogens (tertiary/aromatic N) is 1. The van der Waals surface area contributed by atoms with Gasteiger partial charge in [-0.15, -0.1) is 0 Å². The smallest absolute Gasteiger partial charge is 0.337 e. The van der Waals surface area contributed by atoms with Crippen LogP contribution in [0.1, 0.15) is 27.2 Å². The molecule has 2 aliphatic rings. The second kappa shape index (κ2) is 5.19. The monoisotopic (exact) mass is 262 g/mol. The summed E-state index contributed by atoms with van der Waals surface area (Å²) in [4.78, 5) is 14.3. The van der Waals surface area contributed by atoms with Crippen molar-refractivity contribution in [3.05, 3.63) is 22.9 Å². The second-order valence-corrected chi connectivity index (χ2v) is 5.61. The maximum absolute atomic E-state index is 12.0. The molecule has 1 aliphatic carbocycles. The van der Waals surface area contributed by atoms with Crippen LogP contribution in [0.2, 0.25) is 0 Å². The largest absolute Gasteiger partial charge is 0.465 e. The molecule has 0 radical (unpaired) electrons. The first-order valence-corrected chi connectivity index (χ1v) is 6.80. The van der Waals surface area contributed by atoms with Gasteiger partial charge in [0, 0.05) is 36.3 Å². The summed E-state index contributed by atoms with van der Waals surface area (Å²) in [7, 11) is 1.41. The third-order valence-corrected chi connectivity index (χ3v) is 3.96. The van der Waals surface area contributed by atoms with Gasteiger partial charge in [-0.1, -0.05) is 13.0 Å². The van der Waals surface area contributed by atoms with Gasteiger partial charge in [0.1, 0.15) is 0 Å². The van der Waals surface area contributed by atoms with E-state index in [1.165, 1.54) is 19.0 Å². The average Bonchev–Trinajstić information content (AvgIpc) is 2.74. The molecule has 0 saturated carbocycles. The molecule has 0 amide bonds. The van der Waals surface area contributed by atoms with E-state index in [9.17, 15) is 4.79 Å². The number of esters is 1. The highest BCUT2D eigenvalue weighted by Gasteiger charge is 2.37. The minimum Gasteiger partial charge on any atom is -0.465 e. The summed E-state index contributed by atoms with van der Waals surface area (Å²) in [5.74, 6) is 0.0605. The lowest BCUT2D eigenvalue weighted by Gasteiger charge is -2.30. The molecule has 0 bridgehead atoms. The van der Waals surface area contributed by atoms with E-state index in [2.05, 4.69) is 25.7 Å². The number of allylic oxidation sites excluding steroid dienone is 2. The van der Waals surface area contributed by atoms with Gasteiger partial charge in [0.2, 0.25) is 0 Å². The van der Waals surface area contributed by atoms with Gasteiger partial charge in [-0.3, -0.25) is 0 Å². The standard InChI is InChI=1S/C15H22N2O2/c1-9(2)17-8-10(3)14-12(15(18)19-4)5-11(7-16)6-13(14)17/h5,7,9-11,16H,6,8H2,1-4H3. The van der Waals surface area contributed by atoms with E-state index in [-0.39, 0.29) is 11.9 Å². The fraction of sp³-hybridized carbons (Fsp3) is 0.600. The fourth-order valence-corrected chi connectivity index (χ4v) is 3.09. The van der Waals surface area contributed by atoms with Crippen LogP contribution in [0, 0.1) is 17.2 Å². The first kappa shape index (κ1) is 13.8. The third kappa shape index (κ3) is 2.31. The lowest BCUT2D eigenvalue weighted by Crippen LogP contribution is -2.30.